The fraction of sp³-hybridized carbons (Fsp3) is 0.529. The Morgan fingerprint density at radius 1 is 1.12 bits per heavy atom. The van der Waals surface area contributed by atoms with Gasteiger partial charge in [0.1, 0.15) is 16.5 Å². The van der Waals surface area contributed by atoms with Crippen molar-refractivity contribution in [2.24, 2.45) is 5.73 Å². The van der Waals surface area contributed by atoms with Gasteiger partial charge in [-0.25, -0.2) is 9.97 Å². The van der Waals surface area contributed by atoms with Gasteiger partial charge in [0.2, 0.25) is 0 Å². The van der Waals surface area contributed by atoms with Gasteiger partial charge in [-0.2, -0.15) is 0 Å². The van der Waals surface area contributed by atoms with E-state index in [1.54, 1.807) is 6.20 Å². The summed E-state index contributed by atoms with van der Waals surface area (Å²) in [5, 5.41) is 1.25. The number of rotatable bonds is 4. The maximum atomic E-state index is 11.3. The van der Waals surface area contributed by atoms with Crippen molar-refractivity contribution in [1.82, 2.24) is 19.9 Å². The first-order chi connectivity index (χ1) is 12.2. The number of aromatic nitrogens is 3. The SMILES string of the molecule is NC(=O)c1cncc(N2CCN(Cc3nc4c(s3)CCCC4)CC2)n1. The minimum atomic E-state index is -0.541. The lowest BCUT2D eigenvalue weighted by atomic mass is 10.0. The number of carbonyl (C=O) groups excluding carboxylic acids is 1. The van der Waals surface area contributed by atoms with Crippen LogP contribution in [0, 0.1) is 0 Å². The molecule has 0 radical (unpaired) electrons. The van der Waals surface area contributed by atoms with Crippen LogP contribution >= 0.6 is 11.3 Å². The number of thiazole rings is 1. The molecule has 8 heteroatoms. The highest BCUT2D eigenvalue weighted by atomic mass is 32.1. The Bertz CT molecular complexity index is 745. The van der Waals surface area contributed by atoms with Crippen LogP contribution in [0.3, 0.4) is 0 Å². The molecule has 0 aromatic carbocycles. The van der Waals surface area contributed by atoms with Crippen molar-refractivity contribution >= 4 is 23.1 Å². The zero-order chi connectivity index (χ0) is 17.2. The fourth-order valence-electron chi connectivity index (χ4n) is 3.43. The molecule has 132 valence electrons. The van der Waals surface area contributed by atoms with E-state index in [2.05, 4.69) is 19.8 Å². The molecule has 7 nitrogen and oxygen atoms in total. The molecule has 3 heterocycles. The van der Waals surface area contributed by atoms with E-state index in [4.69, 9.17) is 10.7 Å². The molecule has 2 N–H and O–H groups in total. The van der Waals surface area contributed by atoms with Crippen molar-refractivity contribution in [2.75, 3.05) is 31.1 Å². The van der Waals surface area contributed by atoms with E-state index < -0.39 is 5.91 Å². The fourth-order valence-corrected chi connectivity index (χ4v) is 4.63. The van der Waals surface area contributed by atoms with Crippen LogP contribution in [0.5, 0.6) is 0 Å². The minimum Gasteiger partial charge on any atom is -0.364 e. The molecule has 2 aliphatic rings. The number of nitrogens with two attached hydrogens (primary N) is 1. The lowest BCUT2D eigenvalue weighted by molar-refractivity contribution is 0.0995. The highest BCUT2D eigenvalue weighted by Gasteiger charge is 2.21. The van der Waals surface area contributed by atoms with Gasteiger partial charge in [-0.05, 0) is 25.7 Å². The third-order valence-electron chi connectivity index (χ3n) is 4.82. The van der Waals surface area contributed by atoms with Gasteiger partial charge < -0.3 is 10.6 Å². The molecule has 4 rings (SSSR count). The Morgan fingerprint density at radius 2 is 1.92 bits per heavy atom. The van der Waals surface area contributed by atoms with E-state index in [0.29, 0.717) is 0 Å². The average molecular weight is 358 g/mol. The van der Waals surface area contributed by atoms with Crippen molar-refractivity contribution in [2.45, 2.75) is 32.2 Å². The Morgan fingerprint density at radius 3 is 2.68 bits per heavy atom. The molecule has 2 aromatic rings. The van der Waals surface area contributed by atoms with Crippen LogP contribution in [-0.2, 0) is 19.4 Å². The van der Waals surface area contributed by atoms with Crippen LogP contribution in [0.15, 0.2) is 12.4 Å². The number of nitrogens with zero attached hydrogens (tertiary/aromatic N) is 5. The number of piperazine rings is 1. The summed E-state index contributed by atoms with van der Waals surface area (Å²) in [6, 6.07) is 0. The van der Waals surface area contributed by atoms with Crippen molar-refractivity contribution in [3.05, 3.63) is 33.7 Å². The average Bonchev–Trinajstić information content (AvgIpc) is 3.04. The van der Waals surface area contributed by atoms with E-state index in [1.807, 2.05) is 11.3 Å². The molecule has 25 heavy (non-hydrogen) atoms. The topological polar surface area (TPSA) is 88.2 Å². The number of primary amides is 1. The van der Waals surface area contributed by atoms with Gasteiger partial charge in [0, 0.05) is 31.1 Å². The monoisotopic (exact) mass is 358 g/mol. The van der Waals surface area contributed by atoms with Crippen molar-refractivity contribution < 1.29 is 4.79 Å². The van der Waals surface area contributed by atoms with Crippen LogP contribution in [0.2, 0.25) is 0 Å². The zero-order valence-corrected chi connectivity index (χ0v) is 15.0. The molecule has 2 aromatic heterocycles. The number of hydrogen-bond acceptors (Lipinski definition) is 7. The largest absolute Gasteiger partial charge is 0.364 e. The number of aryl methyl sites for hydroxylation is 2. The van der Waals surface area contributed by atoms with Crippen LogP contribution in [0.1, 0.15) is 38.9 Å². The van der Waals surface area contributed by atoms with Crippen LogP contribution in [0.25, 0.3) is 0 Å². The van der Waals surface area contributed by atoms with Crippen molar-refractivity contribution in [3.8, 4) is 0 Å². The number of hydrogen-bond donors (Lipinski definition) is 1. The summed E-state index contributed by atoms with van der Waals surface area (Å²) >= 11 is 1.89. The lowest BCUT2D eigenvalue weighted by Gasteiger charge is -2.34. The highest BCUT2D eigenvalue weighted by Crippen LogP contribution is 2.27. The van der Waals surface area contributed by atoms with E-state index in [9.17, 15) is 4.79 Å². The third-order valence-corrected chi connectivity index (χ3v) is 5.96. The summed E-state index contributed by atoms with van der Waals surface area (Å²) in [6.45, 7) is 4.56. The first-order valence-electron chi connectivity index (χ1n) is 8.75. The second-order valence-electron chi connectivity index (χ2n) is 6.57. The van der Waals surface area contributed by atoms with E-state index in [1.165, 1.54) is 41.0 Å². The maximum absolute atomic E-state index is 11.3. The number of anilines is 1. The molecular weight excluding hydrogens is 336 g/mol. The van der Waals surface area contributed by atoms with E-state index >= 15 is 0 Å². The predicted octanol–water partition coefficient (Wildman–Crippen LogP) is 1.23. The first kappa shape index (κ1) is 16.4. The summed E-state index contributed by atoms with van der Waals surface area (Å²) in [5.74, 6) is 0.182. The molecule has 0 atom stereocenters. The zero-order valence-electron chi connectivity index (χ0n) is 14.1. The van der Waals surface area contributed by atoms with Gasteiger partial charge in [-0.3, -0.25) is 14.7 Å². The minimum absolute atomic E-state index is 0.216. The molecular formula is C17H22N6OS. The predicted molar refractivity (Wildman–Crippen MR) is 96.8 cm³/mol. The van der Waals surface area contributed by atoms with Gasteiger partial charge in [-0.15, -0.1) is 11.3 Å². The molecule has 1 fully saturated rings. The quantitative estimate of drug-likeness (QED) is 0.884. The molecule has 0 unspecified atom stereocenters. The van der Waals surface area contributed by atoms with E-state index in [0.717, 1.165) is 45.0 Å². The summed E-state index contributed by atoms with van der Waals surface area (Å²) in [5.41, 5.74) is 6.84. The first-order valence-corrected chi connectivity index (χ1v) is 9.57. The third kappa shape index (κ3) is 3.64. The second kappa shape index (κ2) is 7.05. The standard InChI is InChI=1S/C17H22N6OS/c18-17(24)13-9-19-10-15(20-13)23-7-5-22(6-8-23)11-16-21-12-3-1-2-4-14(12)25-16/h9-10H,1-8,11H2,(H2,18,24). The summed E-state index contributed by atoms with van der Waals surface area (Å²) in [6.07, 6.45) is 8.03. The number of carbonyl (C=O) groups is 1. The molecule has 0 spiro atoms. The van der Waals surface area contributed by atoms with E-state index in [-0.39, 0.29) is 5.69 Å². The molecule has 0 bridgehead atoms. The second-order valence-corrected chi connectivity index (χ2v) is 7.74. The molecule has 1 amide bonds. The molecule has 1 aliphatic heterocycles. The molecule has 0 saturated carbocycles. The summed E-state index contributed by atoms with van der Waals surface area (Å²) < 4.78 is 0. The highest BCUT2D eigenvalue weighted by molar-refractivity contribution is 7.11. The Labute approximate surface area is 150 Å². The Kier molecular flexibility index (Phi) is 4.63. The summed E-state index contributed by atoms with van der Waals surface area (Å²) in [4.78, 5) is 30.6. The smallest absolute Gasteiger partial charge is 0.268 e. The van der Waals surface area contributed by atoms with Crippen LogP contribution < -0.4 is 10.6 Å². The lowest BCUT2D eigenvalue weighted by Crippen LogP contribution is -2.46. The molecule has 1 saturated heterocycles. The van der Waals surface area contributed by atoms with Crippen molar-refractivity contribution in [1.29, 1.82) is 0 Å². The molecule has 1 aliphatic carbocycles. The maximum Gasteiger partial charge on any atom is 0.268 e. The van der Waals surface area contributed by atoms with Crippen LogP contribution in [0.4, 0.5) is 5.82 Å². The van der Waals surface area contributed by atoms with Gasteiger partial charge in [-0.1, -0.05) is 0 Å². The normalized spacial score (nSPS) is 18.2. The Balaban J connectivity index is 1.36. The van der Waals surface area contributed by atoms with Crippen LogP contribution in [-0.4, -0.2) is 51.9 Å². The number of amides is 1. The van der Waals surface area contributed by atoms with Gasteiger partial charge in [0.15, 0.2) is 0 Å². The Hall–Kier alpha value is -2.06. The van der Waals surface area contributed by atoms with Gasteiger partial charge in [0.05, 0.1) is 24.6 Å². The summed E-state index contributed by atoms with van der Waals surface area (Å²) in [7, 11) is 0. The van der Waals surface area contributed by atoms with Gasteiger partial charge >= 0.3 is 0 Å². The van der Waals surface area contributed by atoms with Gasteiger partial charge in [0.25, 0.3) is 5.91 Å². The van der Waals surface area contributed by atoms with Crippen molar-refractivity contribution in [3.63, 3.8) is 0 Å². The number of fused-ring (bicyclic) bond motifs is 1.